The van der Waals surface area contributed by atoms with E-state index in [2.05, 4.69) is 25.5 Å². The fourth-order valence-corrected chi connectivity index (χ4v) is 3.08. The van der Waals surface area contributed by atoms with Gasteiger partial charge < -0.3 is 0 Å². The Labute approximate surface area is 134 Å². The normalized spacial score (nSPS) is 11.2. The summed E-state index contributed by atoms with van der Waals surface area (Å²) in [5.41, 5.74) is 1.39. The number of hydrogen-bond donors (Lipinski definition) is 0. The van der Waals surface area contributed by atoms with Crippen molar-refractivity contribution in [2.45, 2.75) is 13.5 Å². The maximum absolute atomic E-state index is 11.9. The first kappa shape index (κ1) is 13.7. The molecule has 3 aromatic heterocycles. The quantitative estimate of drug-likeness (QED) is 0.561. The minimum Gasteiger partial charge on any atom is -0.267 e. The lowest BCUT2D eigenvalue weighted by Crippen LogP contribution is -2.14. The van der Waals surface area contributed by atoms with Crippen molar-refractivity contribution in [3.8, 4) is 11.4 Å². The number of benzene rings is 1. The Balaban J connectivity index is 1.65. The molecule has 0 saturated heterocycles. The molecule has 3 heterocycles. The first-order valence-corrected chi connectivity index (χ1v) is 7.70. The van der Waals surface area contributed by atoms with Crippen molar-refractivity contribution in [1.29, 1.82) is 0 Å². The van der Waals surface area contributed by atoms with E-state index >= 15 is 0 Å². The third kappa shape index (κ3) is 2.61. The number of hydrogen-bond acceptors (Lipinski definition) is 7. The summed E-state index contributed by atoms with van der Waals surface area (Å²) < 4.78 is 1.29. The molecule has 0 atom stereocenters. The smallest absolute Gasteiger partial charge is 0.267 e. The predicted octanol–water partition coefficient (Wildman–Crippen LogP) is 1.16. The molecule has 0 fully saturated rings. The number of aryl methyl sites for hydroxylation is 1. The molecule has 0 N–H and O–H groups in total. The Bertz CT molecular complexity index is 1030. The van der Waals surface area contributed by atoms with E-state index in [0.717, 1.165) is 5.56 Å². The van der Waals surface area contributed by atoms with Gasteiger partial charge in [0.1, 0.15) is 11.6 Å². The van der Waals surface area contributed by atoms with Gasteiger partial charge in [0.2, 0.25) is 10.8 Å². The molecule has 8 nitrogen and oxygen atoms in total. The molecule has 4 rings (SSSR count). The Hall–Kier alpha value is -2.94. The van der Waals surface area contributed by atoms with Crippen LogP contribution < -0.4 is 5.56 Å². The molecule has 0 aliphatic carbocycles. The molecule has 0 bridgehead atoms. The summed E-state index contributed by atoms with van der Waals surface area (Å²) in [7, 11) is 0. The summed E-state index contributed by atoms with van der Waals surface area (Å²) >= 11 is 1.34. The van der Waals surface area contributed by atoms with E-state index in [9.17, 15) is 4.79 Å². The highest BCUT2D eigenvalue weighted by molar-refractivity contribution is 7.16. The molecule has 0 spiro atoms. The van der Waals surface area contributed by atoms with Gasteiger partial charge in [-0.1, -0.05) is 41.7 Å². The van der Waals surface area contributed by atoms with E-state index < -0.39 is 0 Å². The van der Waals surface area contributed by atoms with Crippen molar-refractivity contribution < 1.29 is 0 Å². The van der Waals surface area contributed by atoms with Crippen molar-refractivity contribution >= 4 is 16.3 Å². The average Bonchev–Trinajstić information content (AvgIpc) is 3.15. The Morgan fingerprint density at radius 1 is 1.17 bits per heavy atom. The highest BCUT2D eigenvalue weighted by atomic mass is 32.1. The van der Waals surface area contributed by atoms with Crippen molar-refractivity contribution in [1.82, 2.24) is 34.8 Å². The van der Waals surface area contributed by atoms with Crippen LogP contribution in [0.2, 0.25) is 0 Å². The van der Waals surface area contributed by atoms with Gasteiger partial charge in [-0.05, 0) is 12.1 Å². The van der Waals surface area contributed by atoms with Crippen molar-refractivity contribution in [2.75, 3.05) is 0 Å². The van der Waals surface area contributed by atoms with E-state index in [4.69, 9.17) is 0 Å². The zero-order valence-electron chi connectivity index (χ0n) is 12.1. The van der Waals surface area contributed by atoms with Crippen LogP contribution in [0.3, 0.4) is 0 Å². The second kappa shape index (κ2) is 5.36. The maximum atomic E-state index is 11.9. The van der Waals surface area contributed by atoms with Crippen molar-refractivity contribution in [3.63, 3.8) is 0 Å². The van der Waals surface area contributed by atoms with Crippen LogP contribution in [-0.4, -0.2) is 34.8 Å². The lowest BCUT2D eigenvalue weighted by atomic mass is 10.2. The lowest BCUT2D eigenvalue weighted by molar-refractivity contribution is 0.566. The summed E-state index contributed by atoms with van der Waals surface area (Å²) in [6, 6.07) is 11.1. The summed E-state index contributed by atoms with van der Waals surface area (Å²) in [6.07, 6.45) is 0. The number of rotatable bonds is 3. The number of tetrazole rings is 1. The monoisotopic (exact) mass is 325 g/mol. The van der Waals surface area contributed by atoms with Gasteiger partial charge in [-0.25, -0.2) is 4.98 Å². The van der Waals surface area contributed by atoms with Gasteiger partial charge in [0.15, 0.2) is 0 Å². The van der Waals surface area contributed by atoms with E-state index in [-0.39, 0.29) is 5.56 Å². The zero-order valence-corrected chi connectivity index (χ0v) is 12.9. The third-order valence-corrected chi connectivity index (χ3v) is 4.07. The maximum Gasteiger partial charge on any atom is 0.275 e. The summed E-state index contributed by atoms with van der Waals surface area (Å²) in [5.74, 6) is 0.554. The minimum absolute atomic E-state index is 0.188. The molecule has 4 aromatic rings. The molecule has 0 radical (unpaired) electrons. The number of fused-ring (bicyclic) bond motifs is 1. The highest BCUT2D eigenvalue weighted by Gasteiger charge is 2.11. The van der Waals surface area contributed by atoms with Gasteiger partial charge in [-0.3, -0.25) is 4.79 Å². The molecule has 114 valence electrons. The average molecular weight is 325 g/mol. The molecule has 9 heteroatoms. The van der Waals surface area contributed by atoms with Gasteiger partial charge in [0.25, 0.3) is 5.56 Å². The first-order valence-electron chi connectivity index (χ1n) is 6.89. The third-order valence-electron chi connectivity index (χ3n) is 3.18. The van der Waals surface area contributed by atoms with Crippen molar-refractivity contribution in [2.24, 2.45) is 0 Å². The van der Waals surface area contributed by atoms with Crippen LogP contribution in [0.15, 0.2) is 41.2 Å². The van der Waals surface area contributed by atoms with Gasteiger partial charge in [0.05, 0.1) is 0 Å². The van der Waals surface area contributed by atoms with Crippen LogP contribution in [0, 0.1) is 6.92 Å². The van der Waals surface area contributed by atoms with Crippen LogP contribution in [0.25, 0.3) is 16.3 Å². The minimum atomic E-state index is -0.188. The molecule has 0 saturated carbocycles. The van der Waals surface area contributed by atoms with Crippen LogP contribution in [-0.2, 0) is 6.54 Å². The Morgan fingerprint density at radius 3 is 2.83 bits per heavy atom. The fourth-order valence-electron chi connectivity index (χ4n) is 2.16. The van der Waals surface area contributed by atoms with Crippen LogP contribution >= 0.6 is 11.3 Å². The molecule has 0 unspecified atom stereocenters. The topological polar surface area (TPSA) is 90.9 Å². The van der Waals surface area contributed by atoms with Crippen LogP contribution in [0.1, 0.15) is 10.7 Å². The standard InChI is InChI=1S/C14H11N7OS/c1-9-7-12(22)21-14(15-9)23-11(17-21)8-20-18-13(16-19-20)10-5-3-2-4-6-10/h2-7H,8H2,1H3. The second-order valence-corrected chi connectivity index (χ2v) is 5.98. The van der Waals surface area contributed by atoms with E-state index in [1.807, 2.05) is 30.3 Å². The Morgan fingerprint density at radius 2 is 2.00 bits per heavy atom. The molecule has 0 amide bonds. The van der Waals surface area contributed by atoms with Gasteiger partial charge in [-0.15, -0.1) is 10.2 Å². The van der Waals surface area contributed by atoms with Crippen molar-refractivity contribution in [3.05, 3.63) is 57.5 Å². The SMILES string of the molecule is Cc1cc(=O)n2nc(Cn3nnc(-c4ccccc4)n3)sc2n1. The fraction of sp³-hybridized carbons (Fsp3) is 0.143. The summed E-state index contributed by atoms with van der Waals surface area (Å²) in [5, 5.41) is 17.4. The first-order chi connectivity index (χ1) is 11.2. The number of aromatic nitrogens is 7. The molecular weight excluding hydrogens is 314 g/mol. The second-order valence-electron chi connectivity index (χ2n) is 4.94. The zero-order chi connectivity index (χ0) is 15.8. The van der Waals surface area contributed by atoms with E-state index in [1.54, 1.807) is 6.92 Å². The molecule has 1 aromatic carbocycles. The van der Waals surface area contributed by atoms with Crippen LogP contribution in [0.4, 0.5) is 0 Å². The predicted molar refractivity (Wildman–Crippen MR) is 84.2 cm³/mol. The van der Waals surface area contributed by atoms with Gasteiger partial charge in [0, 0.05) is 17.3 Å². The molecule has 23 heavy (non-hydrogen) atoms. The largest absolute Gasteiger partial charge is 0.275 e. The van der Waals surface area contributed by atoms with Crippen LogP contribution in [0.5, 0.6) is 0 Å². The van der Waals surface area contributed by atoms with E-state index in [1.165, 1.54) is 26.7 Å². The number of nitrogens with zero attached hydrogens (tertiary/aromatic N) is 7. The lowest BCUT2D eigenvalue weighted by Gasteiger charge is -1.93. The molecular formula is C14H11N7OS. The van der Waals surface area contributed by atoms with Gasteiger partial charge in [-0.2, -0.15) is 14.4 Å². The molecule has 0 aliphatic rings. The van der Waals surface area contributed by atoms with E-state index in [0.29, 0.717) is 28.0 Å². The summed E-state index contributed by atoms with van der Waals surface area (Å²) in [6.45, 7) is 2.12. The molecule has 0 aliphatic heterocycles. The van der Waals surface area contributed by atoms with Gasteiger partial charge >= 0.3 is 0 Å². The Kier molecular flexibility index (Phi) is 3.19. The highest BCUT2D eigenvalue weighted by Crippen LogP contribution is 2.14. The summed E-state index contributed by atoms with van der Waals surface area (Å²) in [4.78, 5) is 18.2.